The number of piperidine rings is 1. The van der Waals surface area contributed by atoms with E-state index in [0.717, 1.165) is 54.2 Å². The summed E-state index contributed by atoms with van der Waals surface area (Å²) >= 11 is 6.05. The number of aromatic nitrogens is 4. The van der Waals surface area contributed by atoms with Gasteiger partial charge in [-0.25, -0.2) is 14.5 Å². The molecule has 0 saturated carbocycles. The zero-order chi connectivity index (χ0) is 16.8. The van der Waals surface area contributed by atoms with Crippen molar-refractivity contribution in [3.05, 3.63) is 41.8 Å². The van der Waals surface area contributed by atoms with Gasteiger partial charge in [-0.3, -0.25) is 0 Å². The van der Waals surface area contributed by atoms with E-state index in [1.54, 1.807) is 10.6 Å². The van der Waals surface area contributed by atoms with Gasteiger partial charge in [0.25, 0.3) is 0 Å². The minimum absolute atomic E-state index is 0.455. The Morgan fingerprint density at radius 1 is 1.12 bits per heavy atom. The molecule has 2 atom stereocenters. The summed E-state index contributed by atoms with van der Waals surface area (Å²) in [4.78, 5) is 11.4. The molecule has 0 aromatic carbocycles. The maximum absolute atomic E-state index is 6.05. The van der Waals surface area contributed by atoms with Gasteiger partial charge in [0.1, 0.15) is 11.0 Å². The zero-order valence-corrected chi connectivity index (χ0v) is 14.5. The van der Waals surface area contributed by atoms with Gasteiger partial charge in [0.2, 0.25) is 0 Å². The third-order valence-corrected chi connectivity index (χ3v) is 5.60. The highest BCUT2D eigenvalue weighted by Gasteiger charge is 2.33. The number of hydrogen-bond acceptors (Lipinski definition) is 5. The maximum Gasteiger partial charge on any atom is 0.154 e. The van der Waals surface area contributed by atoms with Crippen molar-refractivity contribution in [1.82, 2.24) is 24.9 Å². The number of hydrogen-bond donors (Lipinski definition) is 1. The van der Waals surface area contributed by atoms with Gasteiger partial charge in [-0.15, -0.1) is 0 Å². The molecular formula is C18H19ClN6. The van der Waals surface area contributed by atoms with E-state index in [4.69, 9.17) is 11.6 Å². The van der Waals surface area contributed by atoms with Gasteiger partial charge in [0, 0.05) is 24.8 Å². The Labute approximate surface area is 150 Å². The predicted octanol–water partition coefficient (Wildman–Crippen LogP) is 2.49. The van der Waals surface area contributed by atoms with E-state index in [-0.39, 0.29) is 0 Å². The molecule has 2 aliphatic heterocycles. The van der Waals surface area contributed by atoms with Crippen LogP contribution in [0.4, 0.5) is 5.82 Å². The summed E-state index contributed by atoms with van der Waals surface area (Å²) in [5.41, 5.74) is 2.77. The van der Waals surface area contributed by atoms with Crippen LogP contribution in [-0.4, -0.2) is 45.8 Å². The fourth-order valence-electron chi connectivity index (χ4n) is 4.04. The molecule has 2 fully saturated rings. The summed E-state index contributed by atoms with van der Waals surface area (Å²) in [7, 11) is 0. The standard InChI is InChI=1S/C18H19ClN6/c19-16-1-2-17-22-10-15(25(17)23-16)12-3-5-21-18(7-12)24-6-4-13-8-20-9-14(13)11-24/h1-3,5,7,10,13-14,20H,4,6,8-9,11H2. The van der Waals surface area contributed by atoms with Gasteiger partial charge in [-0.05, 0) is 55.6 Å². The van der Waals surface area contributed by atoms with Crippen molar-refractivity contribution < 1.29 is 0 Å². The number of anilines is 1. The Morgan fingerprint density at radius 2 is 2.04 bits per heavy atom. The second-order valence-electron chi connectivity index (χ2n) is 6.89. The first-order chi connectivity index (χ1) is 12.3. The molecule has 3 aromatic rings. The fourth-order valence-corrected chi connectivity index (χ4v) is 4.18. The third-order valence-electron chi connectivity index (χ3n) is 5.40. The molecule has 6 nitrogen and oxygen atoms in total. The van der Waals surface area contributed by atoms with Crippen molar-refractivity contribution in [1.29, 1.82) is 0 Å². The van der Waals surface area contributed by atoms with E-state index < -0.39 is 0 Å². The van der Waals surface area contributed by atoms with E-state index in [1.807, 2.05) is 24.5 Å². The van der Waals surface area contributed by atoms with E-state index in [0.29, 0.717) is 5.15 Å². The van der Waals surface area contributed by atoms with Crippen LogP contribution in [0, 0.1) is 11.8 Å². The summed E-state index contributed by atoms with van der Waals surface area (Å²) in [5.74, 6) is 2.58. The van der Waals surface area contributed by atoms with Gasteiger partial charge in [-0.2, -0.15) is 5.10 Å². The number of nitrogens with one attached hydrogen (secondary N) is 1. The SMILES string of the molecule is Clc1ccc2ncc(-c3ccnc(N4CCC5CNCC5C4)c3)n2n1. The summed E-state index contributed by atoms with van der Waals surface area (Å²) in [6.45, 7) is 4.43. The highest BCUT2D eigenvalue weighted by molar-refractivity contribution is 6.29. The predicted molar refractivity (Wildman–Crippen MR) is 97.9 cm³/mol. The quantitative estimate of drug-likeness (QED) is 0.766. The molecule has 0 aliphatic carbocycles. The molecule has 2 unspecified atom stereocenters. The normalized spacial score (nSPS) is 23.2. The molecule has 5 rings (SSSR count). The molecular weight excluding hydrogens is 336 g/mol. The minimum Gasteiger partial charge on any atom is -0.356 e. The van der Waals surface area contributed by atoms with Crippen LogP contribution >= 0.6 is 11.6 Å². The molecule has 1 N–H and O–H groups in total. The molecule has 0 radical (unpaired) electrons. The van der Waals surface area contributed by atoms with E-state index >= 15 is 0 Å². The van der Waals surface area contributed by atoms with E-state index in [1.165, 1.54) is 13.0 Å². The van der Waals surface area contributed by atoms with E-state index in [9.17, 15) is 0 Å². The molecule has 128 valence electrons. The molecule has 0 amide bonds. The lowest BCUT2D eigenvalue weighted by atomic mass is 9.89. The van der Waals surface area contributed by atoms with Crippen molar-refractivity contribution in [2.75, 3.05) is 31.1 Å². The van der Waals surface area contributed by atoms with Gasteiger partial charge in [-0.1, -0.05) is 11.6 Å². The molecule has 0 spiro atoms. The largest absolute Gasteiger partial charge is 0.356 e. The molecule has 2 saturated heterocycles. The van der Waals surface area contributed by atoms with Gasteiger partial charge in [0.15, 0.2) is 5.65 Å². The highest BCUT2D eigenvalue weighted by atomic mass is 35.5. The fraction of sp³-hybridized carbons (Fsp3) is 0.389. The summed E-state index contributed by atoms with van der Waals surface area (Å²) < 4.78 is 1.79. The molecule has 2 aliphatic rings. The number of imidazole rings is 1. The van der Waals surface area contributed by atoms with Crippen LogP contribution in [0.5, 0.6) is 0 Å². The molecule has 3 aromatic heterocycles. The summed E-state index contributed by atoms with van der Waals surface area (Å²) in [6, 6.07) is 7.76. The first kappa shape index (κ1) is 15.1. The van der Waals surface area contributed by atoms with Crippen LogP contribution in [0.15, 0.2) is 36.7 Å². The number of rotatable bonds is 2. The number of nitrogens with zero attached hydrogens (tertiary/aromatic N) is 5. The Kier molecular flexibility index (Phi) is 3.60. The number of pyridine rings is 1. The Bertz CT molecular complexity index is 923. The first-order valence-corrected chi connectivity index (χ1v) is 9.08. The topological polar surface area (TPSA) is 58.4 Å². The third kappa shape index (κ3) is 2.65. The van der Waals surface area contributed by atoms with Crippen LogP contribution in [-0.2, 0) is 0 Å². The van der Waals surface area contributed by atoms with Crippen LogP contribution in [0.3, 0.4) is 0 Å². The van der Waals surface area contributed by atoms with Crippen LogP contribution in [0.25, 0.3) is 16.9 Å². The van der Waals surface area contributed by atoms with Crippen molar-refractivity contribution in [2.45, 2.75) is 6.42 Å². The van der Waals surface area contributed by atoms with Gasteiger partial charge in [0.05, 0.1) is 11.9 Å². The lowest BCUT2D eigenvalue weighted by Crippen LogP contribution is -2.40. The number of fused-ring (bicyclic) bond motifs is 2. The van der Waals surface area contributed by atoms with Crippen LogP contribution in [0.1, 0.15) is 6.42 Å². The molecule has 25 heavy (non-hydrogen) atoms. The average molecular weight is 355 g/mol. The Hall–Kier alpha value is -2.18. The monoisotopic (exact) mass is 354 g/mol. The highest BCUT2D eigenvalue weighted by Crippen LogP contribution is 2.30. The Morgan fingerprint density at radius 3 is 3.00 bits per heavy atom. The lowest BCUT2D eigenvalue weighted by molar-refractivity contribution is 0.347. The summed E-state index contributed by atoms with van der Waals surface area (Å²) in [6.07, 6.45) is 4.94. The zero-order valence-electron chi connectivity index (χ0n) is 13.8. The average Bonchev–Trinajstić information content (AvgIpc) is 3.27. The van der Waals surface area contributed by atoms with E-state index in [2.05, 4.69) is 31.3 Å². The molecule has 0 bridgehead atoms. The molecule has 7 heteroatoms. The van der Waals surface area contributed by atoms with Crippen molar-refractivity contribution in [3.63, 3.8) is 0 Å². The minimum atomic E-state index is 0.455. The number of halogens is 1. The maximum atomic E-state index is 6.05. The van der Waals surface area contributed by atoms with Crippen LogP contribution in [0.2, 0.25) is 5.15 Å². The van der Waals surface area contributed by atoms with Crippen molar-refractivity contribution >= 4 is 23.1 Å². The second kappa shape index (κ2) is 5.97. The van der Waals surface area contributed by atoms with Crippen molar-refractivity contribution in [2.24, 2.45) is 11.8 Å². The lowest BCUT2D eigenvalue weighted by Gasteiger charge is -2.35. The second-order valence-corrected chi connectivity index (χ2v) is 7.27. The van der Waals surface area contributed by atoms with Gasteiger partial charge < -0.3 is 10.2 Å². The smallest absolute Gasteiger partial charge is 0.154 e. The van der Waals surface area contributed by atoms with Gasteiger partial charge >= 0.3 is 0 Å². The van der Waals surface area contributed by atoms with Crippen LogP contribution < -0.4 is 10.2 Å². The molecule has 5 heterocycles. The first-order valence-electron chi connectivity index (χ1n) is 8.70. The summed E-state index contributed by atoms with van der Waals surface area (Å²) in [5, 5.41) is 8.35. The van der Waals surface area contributed by atoms with Crippen molar-refractivity contribution in [3.8, 4) is 11.3 Å². The Balaban J connectivity index is 1.49.